The first-order valence-electron chi connectivity index (χ1n) is 2.75. The smallest absolute Gasteiger partial charge is 0.289 e. The van der Waals surface area contributed by atoms with E-state index in [9.17, 15) is 14.4 Å². The maximum absolute atomic E-state index is 10.5. The van der Waals surface area contributed by atoms with Crippen LogP contribution in [0.15, 0.2) is 12.2 Å². The Balaban J connectivity index is 2.81. The van der Waals surface area contributed by atoms with Crippen molar-refractivity contribution in [3.8, 4) is 0 Å². The minimum absolute atomic E-state index is 0.0947. The summed E-state index contributed by atoms with van der Waals surface area (Å²) in [6.07, 6.45) is 2.56. The number of carbonyl (C=O) groups is 3. The summed E-state index contributed by atoms with van der Waals surface area (Å²) in [5.74, 6) is -1.96. The molecule has 0 spiro atoms. The normalized spacial score (nSPS) is 18.6. The molecule has 0 aromatic carbocycles. The van der Waals surface area contributed by atoms with E-state index in [1.54, 1.807) is 0 Å². The highest BCUT2D eigenvalue weighted by atomic mass is 16.2. The lowest BCUT2D eigenvalue weighted by Gasteiger charge is -1.92. The van der Waals surface area contributed by atoms with Crippen molar-refractivity contribution in [3.63, 3.8) is 0 Å². The van der Waals surface area contributed by atoms with Gasteiger partial charge < -0.3 is 0 Å². The summed E-state index contributed by atoms with van der Waals surface area (Å²) in [5, 5.41) is 1.90. The Morgan fingerprint density at radius 3 is 2.70 bits per heavy atom. The van der Waals surface area contributed by atoms with Gasteiger partial charge in [-0.15, -0.1) is 0 Å². The molecule has 0 radical (unpaired) electrons. The van der Waals surface area contributed by atoms with Gasteiger partial charge in [0.05, 0.1) is 0 Å². The second-order valence-corrected chi connectivity index (χ2v) is 1.85. The zero-order valence-electron chi connectivity index (χ0n) is 5.09. The van der Waals surface area contributed by atoms with Gasteiger partial charge in [0.25, 0.3) is 5.91 Å². The minimum Gasteiger partial charge on any atom is -0.289 e. The quantitative estimate of drug-likeness (QED) is 0.351. The summed E-state index contributed by atoms with van der Waals surface area (Å²) in [4.78, 5) is 31.5. The fourth-order valence-corrected chi connectivity index (χ4v) is 0.588. The summed E-state index contributed by atoms with van der Waals surface area (Å²) in [7, 11) is 0. The third kappa shape index (κ3) is 1.28. The first-order valence-corrected chi connectivity index (χ1v) is 2.75. The molecule has 1 rings (SSSR count). The highest BCUT2D eigenvalue weighted by molar-refractivity contribution is 6.43. The van der Waals surface area contributed by atoms with Crippen molar-refractivity contribution in [1.82, 2.24) is 5.32 Å². The lowest BCUT2D eigenvalue weighted by molar-refractivity contribution is -0.138. The highest BCUT2D eigenvalue weighted by Crippen LogP contribution is 1.90. The number of rotatable bonds is 0. The van der Waals surface area contributed by atoms with Crippen LogP contribution in [0.25, 0.3) is 0 Å². The first-order chi connectivity index (χ1) is 4.70. The van der Waals surface area contributed by atoms with E-state index >= 15 is 0 Å². The van der Waals surface area contributed by atoms with Gasteiger partial charge in [-0.1, -0.05) is 6.08 Å². The maximum atomic E-state index is 10.5. The Bertz CT molecular complexity index is 229. The van der Waals surface area contributed by atoms with Crippen LogP contribution in [0.2, 0.25) is 0 Å². The number of nitrogens with one attached hydrogen (secondary N) is 1. The molecule has 10 heavy (non-hydrogen) atoms. The lowest BCUT2D eigenvalue weighted by Crippen LogP contribution is -2.32. The van der Waals surface area contributed by atoms with Crippen LogP contribution in [-0.4, -0.2) is 17.6 Å². The van der Waals surface area contributed by atoms with Gasteiger partial charge in [0.1, 0.15) is 0 Å². The number of carbonyl (C=O) groups excluding carboxylic acids is 3. The van der Waals surface area contributed by atoms with E-state index in [0.717, 1.165) is 6.08 Å². The third-order valence-corrected chi connectivity index (χ3v) is 1.05. The zero-order chi connectivity index (χ0) is 7.56. The van der Waals surface area contributed by atoms with Crippen molar-refractivity contribution in [2.75, 3.05) is 0 Å². The molecule has 1 N–H and O–H groups in total. The topological polar surface area (TPSA) is 63.2 Å². The molecule has 4 nitrogen and oxygen atoms in total. The highest BCUT2D eigenvalue weighted by Gasteiger charge is 2.15. The van der Waals surface area contributed by atoms with E-state index in [1.807, 2.05) is 5.32 Å². The van der Waals surface area contributed by atoms with Crippen LogP contribution in [0.1, 0.15) is 6.42 Å². The van der Waals surface area contributed by atoms with Crippen LogP contribution in [0, 0.1) is 0 Å². The molecule has 0 aliphatic carbocycles. The molecule has 1 aliphatic rings. The summed E-state index contributed by atoms with van der Waals surface area (Å²) >= 11 is 0. The van der Waals surface area contributed by atoms with Crippen LogP contribution in [0.3, 0.4) is 0 Å². The van der Waals surface area contributed by atoms with E-state index in [0.29, 0.717) is 0 Å². The van der Waals surface area contributed by atoms with Crippen molar-refractivity contribution in [2.45, 2.75) is 6.42 Å². The Hall–Kier alpha value is -1.45. The summed E-state index contributed by atoms with van der Waals surface area (Å²) in [6, 6.07) is 0. The van der Waals surface area contributed by atoms with Crippen LogP contribution < -0.4 is 5.32 Å². The van der Waals surface area contributed by atoms with Gasteiger partial charge in [0, 0.05) is 6.42 Å². The van der Waals surface area contributed by atoms with Gasteiger partial charge in [-0.05, 0) is 6.08 Å². The van der Waals surface area contributed by atoms with E-state index < -0.39 is 17.6 Å². The molecule has 0 saturated heterocycles. The van der Waals surface area contributed by atoms with Gasteiger partial charge in [-0.25, -0.2) is 0 Å². The van der Waals surface area contributed by atoms with Crippen LogP contribution in [-0.2, 0) is 14.4 Å². The number of hydrogen-bond donors (Lipinski definition) is 1. The second-order valence-electron chi connectivity index (χ2n) is 1.85. The average Bonchev–Trinajstić information content (AvgIpc) is 1.96. The molecule has 0 bridgehead atoms. The Morgan fingerprint density at radius 2 is 2.00 bits per heavy atom. The van der Waals surface area contributed by atoms with Crippen molar-refractivity contribution in [2.24, 2.45) is 0 Å². The molecule has 0 aromatic heterocycles. The first kappa shape index (κ1) is 6.67. The number of imide groups is 1. The molecule has 2 amide bonds. The molecular weight excluding hydrogens is 134 g/mol. The Morgan fingerprint density at radius 1 is 1.30 bits per heavy atom. The molecule has 1 aliphatic heterocycles. The number of hydrogen-bond acceptors (Lipinski definition) is 3. The van der Waals surface area contributed by atoms with Crippen molar-refractivity contribution >= 4 is 17.6 Å². The summed E-state index contributed by atoms with van der Waals surface area (Å²) in [6.45, 7) is 0. The summed E-state index contributed by atoms with van der Waals surface area (Å²) < 4.78 is 0. The molecular formula is C6H5NO3. The van der Waals surface area contributed by atoms with E-state index in [-0.39, 0.29) is 6.42 Å². The average molecular weight is 139 g/mol. The Kier molecular flexibility index (Phi) is 1.62. The predicted octanol–water partition coefficient (Wildman–Crippen LogP) is -0.842. The lowest BCUT2D eigenvalue weighted by atomic mass is 10.3. The molecule has 0 aromatic rings. The van der Waals surface area contributed by atoms with E-state index in [2.05, 4.69) is 0 Å². The maximum Gasteiger partial charge on any atom is 0.298 e. The Labute approximate surface area is 56.9 Å². The monoisotopic (exact) mass is 139 g/mol. The molecule has 52 valence electrons. The van der Waals surface area contributed by atoms with Gasteiger partial charge in [0.2, 0.25) is 11.7 Å². The van der Waals surface area contributed by atoms with Gasteiger partial charge in [0.15, 0.2) is 0 Å². The van der Waals surface area contributed by atoms with Gasteiger partial charge >= 0.3 is 0 Å². The minimum atomic E-state index is -0.848. The van der Waals surface area contributed by atoms with Crippen molar-refractivity contribution < 1.29 is 14.4 Å². The van der Waals surface area contributed by atoms with Crippen molar-refractivity contribution in [3.05, 3.63) is 12.2 Å². The second kappa shape index (κ2) is 2.43. The number of ketones is 1. The molecule has 1 heterocycles. The molecule has 0 atom stereocenters. The molecule has 0 fully saturated rings. The van der Waals surface area contributed by atoms with Gasteiger partial charge in [-0.3, -0.25) is 19.7 Å². The van der Waals surface area contributed by atoms with Crippen LogP contribution in [0.5, 0.6) is 0 Å². The zero-order valence-corrected chi connectivity index (χ0v) is 5.09. The van der Waals surface area contributed by atoms with E-state index in [4.69, 9.17) is 0 Å². The van der Waals surface area contributed by atoms with Crippen LogP contribution >= 0.6 is 0 Å². The summed E-state index contributed by atoms with van der Waals surface area (Å²) in [5.41, 5.74) is 0. The fourth-order valence-electron chi connectivity index (χ4n) is 0.588. The van der Waals surface area contributed by atoms with Crippen LogP contribution in [0.4, 0.5) is 0 Å². The largest absolute Gasteiger partial charge is 0.298 e. The van der Waals surface area contributed by atoms with E-state index in [1.165, 1.54) is 6.08 Å². The SMILES string of the molecule is O=C1CC=CC(=O)C(=O)N1. The fraction of sp³-hybridized carbons (Fsp3) is 0.167. The standard InChI is InChI=1S/C6H5NO3/c8-4-2-1-3-5(9)7-6(4)10/h1-2H,3H2,(H,7,9,10). The molecule has 0 saturated carbocycles. The third-order valence-electron chi connectivity index (χ3n) is 1.05. The van der Waals surface area contributed by atoms with Gasteiger partial charge in [-0.2, -0.15) is 0 Å². The number of amides is 2. The predicted molar refractivity (Wildman–Crippen MR) is 31.9 cm³/mol. The van der Waals surface area contributed by atoms with Crippen molar-refractivity contribution in [1.29, 1.82) is 0 Å². The molecule has 4 heteroatoms. The molecule has 0 unspecified atom stereocenters.